The van der Waals surface area contributed by atoms with Gasteiger partial charge in [-0.3, -0.25) is 9.69 Å². The fourth-order valence-electron chi connectivity index (χ4n) is 2.95. The molecule has 2 aliphatic heterocycles. The largest absolute Gasteiger partial charge is 0.300 e. The van der Waals surface area contributed by atoms with E-state index in [4.69, 9.17) is 0 Å². The maximum Gasteiger partial charge on any atom is 0.208 e. The number of hydrogen-bond donors (Lipinski definition) is 1. The second kappa shape index (κ2) is 5.04. The summed E-state index contributed by atoms with van der Waals surface area (Å²) in [6.07, 6.45) is 5.61. The van der Waals surface area contributed by atoms with E-state index >= 15 is 0 Å². The van der Waals surface area contributed by atoms with Crippen LogP contribution in [0.3, 0.4) is 0 Å². The first-order chi connectivity index (χ1) is 7.96. The van der Waals surface area contributed by atoms with E-state index in [1.165, 1.54) is 6.26 Å². The third kappa shape index (κ3) is 3.50. The van der Waals surface area contributed by atoms with E-state index in [1.54, 1.807) is 0 Å². The summed E-state index contributed by atoms with van der Waals surface area (Å²) in [7, 11) is -3.07. The Morgan fingerprint density at radius 2 is 1.88 bits per heavy atom. The number of rotatable bonds is 5. The lowest BCUT2D eigenvalue weighted by Crippen LogP contribution is -2.44. The van der Waals surface area contributed by atoms with Crippen LogP contribution in [0.4, 0.5) is 0 Å². The van der Waals surface area contributed by atoms with Gasteiger partial charge in [0.15, 0.2) is 0 Å². The highest BCUT2D eigenvalue weighted by Gasteiger charge is 2.39. The van der Waals surface area contributed by atoms with E-state index in [0.717, 1.165) is 25.8 Å². The van der Waals surface area contributed by atoms with Gasteiger partial charge in [0.2, 0.25) is 10.0 Å². The molecular weight excluding hydrogens is 240 g/mol. The van der Waals surface area contributed by atoms with Gasteiger partial charge in [0.1, 0.15) is 5.78 Å². The highest BCUT2D eigenvalue weighted by Crippen LogP contribution is 2.33. The Kier molecular flexibility index (Phi) is 3.85. The zero-order chi connectivity index (χ0) is 12.5. The maximum absolute atomic E-state index is 11.4. The molecule has 98 valence electrons. The topological polar surface area (TPSA) is 66.5 Å². The van der Waals surface area contributed by atoms with Crippen molar-refractivity contribution in [1.29, 1.82) is 0 Å². The summed E-state index contributed by atoms with van der Waals surface area (Å²) in [4.78, 5) is 13.8. The van der Waals surface area contributed by atoms with Crippen molar-refractivity contribution in [2.24, 2.45) is 0 Å². The molecule has 0 saturated carbocycles. The van der Waals surface area contributed by atoms with Crippen molar-refractivity contribution in [3.8, 4) is 0 Å². The molecule has 5 nitrogen and oxygen atoms in total. The molecule has 1 N–H and O–H groups in total. The summed E-state index contributed by atoms with van der Waals surface area (Å²) in [5.74, 6) is 0.392. The van der Waals surface area contributed by atoms with E-state index in [1.807, 2.05) is 0 Å². The molecule has 0 amide bonds. The first-order valence-electron chi connectivity index (χ1n) is 6.18. The Labute approximate surface area is 103 Å². The summed E-state index contributed by atoms with van der Waals surface area (Å²) >= 11 is 0. The first kappa shape index (κ1) is 13.0. The van der Waals surface area contributed by atoms with Crippen LogP contribution in [-0.2, 0) is 14.8 Å². The highest BCUT2D eigenvalue weighted by molar-refractivity contribution is 7.88. The lowest BCUT2D eigenvalue weighted by molar-refractivity contribution is -0.123. The third-order valence-electron chi connectivity index (χ3n) is 3.66. The van der Waals surface area contributed by atoms with Gasteiger partial charge in [-0.15, -0.1) is 0 Å². The Morgan fingerprint density at radius 1 is 1.29 bits per heavy atom. The van der Waals surface area contributed by atoms with Crippen molar-refractivity contribution < 1.29 is 13.2 Å². The number of carbonyl (C=O) groups excluding carboxylic acids is 1. The fraction of sp³-hybridized carbons (Fsp3) is 0.909. The molecule has 0 aromatic carbocycles. The standard InChI is InChI=1S/C11H20N2O3S/c1-17(15,16)12-5-2-6-13-9-3-4-10(13)8-11(14)7-9/h9-10,12H,2-8H2,1H3. The first-order valence-corrected chi connectivity index (χ1v) is 8.07. The Bertz CT molecular complexity index is 378. The second-order valence-corrected chi connectivity index (χ2v) is 6.92. The Hall–Kier alpha value is -0.460. The van der Waals surface area contributed by atoms with Crippen LogP contribution < -0.4 is 4.72 Å². The summed E-state index contributed by atoms with van der Waals surface area (Å²) in [5.41, 5.74) is 0. The number of nitrogens with zero attached hydrogens (tertiary/aromatic N) is 1. The highest BCUT2D eigenvalue weighted by atomic mass is 32.2. The van der Waals surface area contributed by atoms with Crippen molar-refractivity contribution in [2.45, 2.75) is 44.2 Å². The summed E-state index contributed by atoms with van der Waals surface area (Å²) < 4.78 is 24.3. The molecule has 17 heavy (non-hydrogen) atoms. The summed E-state index contributed by atoms with van der Waals surface area (Å²) in [5, 5.41) is 0. The average molecular weight is 260 g/mol. The molecule has 2 bridgehead atoms. The number of sulfonamides is 1. The molecule has 2 saturated heterocycles. The molecule has 0 aromatic rings. The number of piperidine rings is 1. The lowest BCUT2D eigenvalue weighted by Gasteiger charge is -2.33. The van der Waals surface area contributed by atoms with Crippen molar-refractivity contribution >= 4 is 15.8 Å². The zero-order valence-corrected chi connectivity index (χ0v) is 11.0. The second-order valence-electron chi connectivity index (χ2n) is 5.09. The van der Waals surface area contributed by atoms with Crippen LogP contribution in [0, 0.1) is 0 Å². The van der Waals surface area contributed by atoms with Crippen molar-refractivity contribution in [3.63, 3.8) is 0 Å². The van der Waals surface area contributed by atoms with Gasteiger partial charge in [-0.05, 0) is 25.8 Å². The number of nitrogens with one attached hydrogen (secondary N) is 1. The molecule has 0 radical (unpaired) electrons. The van der Waals surface area contributed by atoms with Crippen LogP contribution in [0.15, 0.2) is 0 Å². The zero-order valence-electron chi connectivity index (χ0n) is 10.2. The molecule has 2 fully saturated rings. The van der Waals surface area contributed by atoms with Gasteiger partial charge in [-0.25, -0.2) is 13.1 Å². The normalized spacial score (nSPS) is 29.8. The van der Waals surface area contributed by atoms with Crippen LogP contribution in [-0.4, -0.2) is 50.5 Å². The predicted molar refractivity (Wildman–Crippen MR) is 65.2 cm³/mol. The van der Waals surface area contributed by atoms with Crippen molar-refractivity contribution in [1.82, 2.24) is 9.62 Å². The van der Waals surface area contributed by atoms with E-state index in [9.17, 15) is 13.2 Å². The van der Waals surface area contributed by atoms with Crippen LogP contribution in [0.2, 0.25) is 0 Å². The molecule has 2 atom stereocenters. The number of Topliss-reactive ketones (excluding diaryl/α,β-unsaturated/α-hetero) is 1. The molecule has 0 aliphatic carbocycles. The molecule has 0 spiro atoms. The third-order valence-corrected chi connectivity index (χ3v) is 4.38. The molecule has 0 aromatic heterocycles. The average Bonchev–Trinajstić information content (AvgIpc) is 2.44. The molecule has 2 heterocycles. The molecular formula is C11H20N2O3S. The van der Waals surface area contributed by atoms with Gasteiger partial charge < -0.3 is 0 Å². The van der Waals surface area contributed by atoms with Gasteiger partial charge in [0.25, 0.3) is 0 Å². The molecule has 2 aliphatic rings. The fourth-order valence-corrected chi connectivity index (χ4v) is 3.46. The van der Waals surface area contributed by atoms with Crippen molar-refractivity contribution in [3.05, 3.63) is 0 Å². The number of carbonyl (C=O) groups is 1. The molecule has 6 heteroatoms. The van der Waals surface area contributed by atoms with E-state index in [0.29, 0.717) is 37.3 Å². The van der Waals surface area contributed by atoms with Gasteiger partial charge in [-0.2, -0.15) is 0 Å². The molecule has 2 rings (SSSR count). The number of ketones is 1. The van der Waals surface area contributed by atoms with Crippen LogP contribution >= 0.6 is 0 Å². The Balaban J connectivity index is 1.75. The van der Waals surface area contributed by atoms with Crippen LogP contribution in [0.5, 0.6) is 0 Å². The predicted octanol–water partition coefficient (Wildman–Crippen LogP) is 0.122. The summed E-state index contributed by atoms with van der Waals surface area (Å²) in [6, 6.07) is 0.832. The van der Waals surface area contributed by atoms with Gasteiger partial charge in [0, 0.05) is 31.5 Å². The van der Waals surface area contributed by atoms with E-state index < -0.39 is 10.0 Å². The summed E-state index contributed by atoms with van der Waals surface area (Å²) in [6.45, 7) is 1.38. The SMILES string of the molecule is CS(=O)(=O)NCCCN1C2CCC1CC(=O)C2. The number of hydrogen-bond acceptors (Lipinski definition) is 4. The Morgan fingerprint density at radius 3 is 2.41 bits per heavy atom. The lowest BCUT2D eigenvalue weighted by atomic mass is 10.0. The molecule has 2 unspecified atom stereocenters. The monoisotopic (exact) mass is 260 g/mol. The number of fused-ring (bicyclic) bond motifs is 2. The smallest absolute Gasteiger partial charge is 0.208 e. The van der Waals surface area contributed by atoms with Gasteiger partial charge in [-0.1, -0.05) is 0 Å². The quantitative estimate of drug-likeness (QED) is 0.713. The minimum absolute atomic E-state index is 0.392. The minimum Gasteiger partial charge on any atom is -0.300 e. The van der Waals surface area contributed by atoms with Crippen LogP contribution in [0.1, 0.15) is 32.1 Å². The van der Waals surface area contributed by atoms with Crippen LogP contribution in [0.25, 0.3) is 0 Å². The van der Waals surface area contributed by atoms with Gasteiger partial charge in [0.05, 0.1) is 6.26 Å². The minimum atomic E-state index is -3.07. The van der Waals surface area contributed by atoms with Crippen molar-refractivity contribution in [2.75, 3.05) is 19.3 Å². The van der Waals surface area contributed by atoms with E-state index in [2.05, 4.69) is 9.62 Å². The van der Waals surface area contributed by atoms with E-state index in [-0.39, 0.29) is 0 Å². The van der Waals surface area contributed by atoms with Gasteiger partial charge >= 0.3 is 0 Å². The maximum atomic E-state index is 11.4.